The van der Waals surface area contributed by atoms with Gasteiger partial charge in [-0.3, -0.25) is 9.59 Å². The minimum Gasteiger partial charge on any atom is -0.468 e. The normalized spacial score (nSPS) is 10.2. The summed E-state index contributed by atoms with van der Waals surface area (Å²) in [6.45, 7) is 1.94. The van der Waals surface area contributed by atoms with Crippen molar-refractivity contribution in [2.24, 2.45) is 0 Å². The SMILES string of the molecule is COC(=O)CN(C)C(=O)CSCc1csc(C)n1. The van der Waals surface area contributed by atoms with E-state index in [9.17, 15) is 9.59 Å². The van der Waals surface area contributed by atoms with E-state index in [4.69, 9.17) is 0 Å². The Morgan fingerprint density at radius 1 is 1.56 bits per heavy atom. The highest BCUT2D eigenvalue weighted by atomic mass is 32.2. The molecule has 1 aromatic heterocycles. The summed E-state index contributed by atoms with van der Waals surface area (Å²) in [4.78, 5) is 28.3. The van der Waals surface area contributed by atoms with Gasteiger partial charge in [-0.1, -0.05) is 0 Å². The third-order valence-corrected chi connectivity index (χ3v) is 3.94. The van der Waals surface area contributed by atoms with Crippen LogP contribution in [0.4, 0.5) is 0 Å². The third kappa shape index (κ3) is 5.05. The van der Waals surface area contributed by atoms with Crippen molar-refractivity contribution in [1.29, 1.82) is 0 Å². The molecular weight excluding hydrogens is 272 g/mol. The summed E-state index contributed by atoms with van der Waals surface area (Å²) >= 11 is 3.09. The highest BCUT2D eigenvalue weighted by Gasteiger charge is 2.13. The molecule has 0 spiro atoms. The number of hydrogen-bond acceptors (Lipinski definition) is 6. The number of amides is 1. The van der Waals surface area contributed by atoms with E-state index in [0.29, 0.717) is 11.5 Å². The number of esters is 1. The average molecular weight is 288 g/mol. The number of nitrogens with zero attached hydrogens (tertiary/aromatic N) is 2. The molecule has 0 aliphatic heterocycles. The maximum absolute atomic E-state index is 11.7. The van der Waals surface area contributed by atoms with Crippen LogP contribution in [-0.4, -0.2) is 48.2 Å². The van der Waals surface area contributed by atoms with E-state index in [1.54, 1.807) is 18.4 Å². The van der Waals surface area contributed by atoms with E-state index >= 15 is 0 Å². The Kier molecular flexibility index (Phi) is 6.14. The highest BCUT2D eigenvalue weighted by molar-refractivity contribution is 7.99. The Morgan fingerprint density at radius 3 is 2.83 bits per heavy atom. The zero-order chi connectivity index (χ0) is 13.5. The molecule has 0 aliphatic carbocycles. The molecule has 100 valence electrons. The highest BCUT2D eigenvalue weighted by Crippen LogP contribution is 2.15. The fourth-order valence-corrected chi connectivity index (χ4v) is 2.75. The minimum absolute atomic E-state index is 0.00823. The van der Waals surface area contributed by atoms with Crippen molar-refractivity contribution in [3.05, 3.63) is 16.1 Å². The van der Waals surface area contributed by atoms with Gasteiger partial charge in [0.2, 0.25) is 5.91 Å². The van der Waals surface area contributed by atoms with Crippen molar-refractivity contribution in [2.45, 2.75) is 12.7 Å². The Bertz CT molecular complexity index is 420. The van der Waals surface area contributed by atoms with Crippen LogP contribution in [0.2, 0.25) is 0 Å². The van der Waals surface area contributed by atoms with Crippen molar-refractivity contribution in [3.8, 4) is 0 Å². The first-order valence-corrected chi connectivity index (χ1v) is 7.36. The topological polar surface area (TPSA) is 59.5 Å². The summed E-state index contributed by atoms with van der Waals surface area (Å²) in [5, 5.41) is 3.02. The molecule has 5 nitrogen and oxygen atoms in total. The molecule has 18 heavy (non-hydrogen) atoms. The number of carbonyl (C=O) groups excluding carboxylic acids is 2. The van der Waals surface area contributed by atoms with Crippen LogP contribution in [0.3, 0.4) is 0 Å². The van der Waals surface area contributed by atoms with Gasteiger partial charge in [0, 0.05) is 18.2 Å². The van der Waals surface area contributed by atoms with E-state index in [-0.39, 0.29) is 12.5 Å². The fourth-order valence-electron chi connectivity index (χ4n) is 1.17. The van der Waals surface area contributed by atoms with E-state index in [1.165, 1.54) is 23.8 Å². The van der Waals surface area contributed by atoms with Crippen LogP contribution in [0.25, 0.3) is 0 Å². The van der Waals surface area contributed by atoms with Crippen LogP contribution in [0.1, 0.15) is 10.7 Å². The number of hydrogen-bond donors (Lipinski definition) is 0. The molecule has 0 N–H and O–H groups in total. The van der Waals surface area contributed by atoms with Gasteiger partial charge in [-0.15, -0.1) is 23.1 Å². The molecule has 0 unspecified atom stereocenters. The van der Waals surface area contributed by atoms with E-state index in [0.717, 1.165) is 10.7 Å². The van der Waals surface area contributed by atoms with Gasteiger partial charge in [0.05, 0.1) is 23.6 Å². The summed E-state index contributed by atoms with van der Waals surface area (Å²) in [6, 6.07) is 0. The van der Waals surface area contributed by atoms with Crippen molar-refractivity contribution in [3.63, 3.8) is 0 Å². The summed E-state index contributed by atoms with van der Waals surface area (Å²) in [5.74, 6) is 0.551. The first kappa shape index (κ1) is 15.0. The van der Waals surface area contributed by atoms with Crippen LogP contribution < -0.4 is 0 Å². The predicted molar refractivity (Wildman–Crippen MR) is 72.7 cm³/mol. The molecule has 0 saturated heterocycles. The number of thioether (sulfide) groups is 1. The van der Waals surface area contributed by atoms with Crippen LogP contribution in [0.5, 0.6) is 0 Å². The van der Waals surface area contributed by atoms with Gasteiger partial charge in [0.25, 0.3) is 0 Å². The molecule has 0 bridgehead atoms. The number of aromatic nitrogens is 1. The zero-order valence-corrected chi connectivity index (χ0v) is 12.3. The standard InChI is InChI=1S/C11H16N2O3S2/c1-8-12-9(6-18-8)5-17-7-10(14)13(2)4-11(15)16-3/h6H,4-5,7H2,1-3H3. The van der Waals surface area contributed by atoms with E-state index in [2.05, 4.69) is 9.72 Å². The quantitative estimate of drug-likeness (QED) is 0.739. The second kappa shape index (κ2) is 7.38. The number of likely N-dealkylation sites (N-methyl/N-ethyl adjacent to an activating group) is 1. The molecule has 1 rings (SSSR count). The van der Waals surface area contributed by atoms with Crippen LogP contribution >= 0.6 is 23.1 Å². The number of ether oxygens (including phenoxy) is 1. The zero-order valence-electron chi connectivity index (χ0n) is 10.6. The number of thiazole rings is 1. The molecule has 0 radical (unpaired) electrons. The van der Waals surface area contributed by atoms with Gasteiger partial charge < -0.3 is 9.64 Å². The second-order valence-corrected chi connectivity index (χ2v) is 5.72. The Balaban J connectivity index is 2.26. The first-order chi connectivity index (χ1) is 8.52. The van der Waals surface area contributed by atoms with Gasteiger partial charge in [-0.2, -0.15) is 0 Å². The van der Waals surface area contributed by atoms with Crippen molar-refractivity contribution >= 4 is 35.0 Å². The molecule has 0 aliphatic rings. The molecule has 0 atom stereocenters. The van der Waals surface area contributed by atoms with Crippen LogP contribution in [0, 0.1) is 6.92 Å². The van der Waals surface area contributed by atoms with Gasteiger partial charge >= 0.3 is 5.97 Å². The summed E-state index contributed by atoms with van der Waals surface area (Å²) in [6.07, 6.45) is 0. The van der Waals surface area contributed by atoms with Crippen molar-refractivity contribution < 1.29 is 14.3 Å². The molecule has 7 heteroatoms. The maximum Gasteiger partial charge on any atom is 0.325 e. The average Bonchev–Trinajstić information content (AvgIpc) is 2.74. The Morgan fingerprint density at radius 2 is 2.28 bits per heavy atom. The number of aryl methyl sites for hydroxylation is 1. The molecule has 0 aromatic carbocycles. The molecular formula is C11H16N2O3S2. The van der Waals surface area contributed by atoms with Gasteiger partial charge in [-0.05, 0) is 6.92 Å². The molecule has 0 fully saturated rings. The van der Waals surface area contributed by atoms with Crippen molar-refractivity contribution in [2.75, 3.05) is 26.5 Å². The number of carbonyl (C=O) groups is 2. The van der Waals surface area contributed by atoms with Gasteiger partial charge in [0.15, 0.2) is 0 Å². The van der Waals surface area contributed by atoms with E-state index < -0.39 is 5.97 Å². The molecule has 1 amide bonds. The van der Waals surface area contributed by atoms with Crippen molar-refractivity contribution in [1.82, 2.24) is 9.88 Å². The summed E-state index contributed by atoms with van der Waals surface area (Å²) in [7, 11) is 2.90. The summed E-state index contributed by atoms with van der Waals surface area (Å²) < 4.78 is 4.50. The molecule has 1 heterocycles. The lowest BCUT2D eigenvalue weighted by Gasteiger charge is -2.14. The van der Waals surface area contributed by atoms with E-state index in [1.807, 2.05) is 12.3 Å². The lowest BCUT2D eigenvalue weighted by atomic mass is 10.5. The van der Waals surface area contributed by atoms with Crippen LogP contribution in [0.15, 0.2) is 5.38 Å². The maximum atomic E-state index is 11.7. The minimum atomic E-state index is -0.411. The predicted octanol–water partition coefficient (Wildman–Crippen LogP) is 1.32. The lowest BCUT2D eigenvalue weighted by molar-refractivity contribution is -0.145. The summed E-state index contributed by atoms with van der Waals surface area (Å²) in [5.41, 5.74) is 0.992. The Labute approximate surface area is 115 Å². The monoisotopic (exact) mass is 288 g/mol. The fraction of sp³-hybridized carbons (Fsp3) is 0.545. The molecule has 1 aromatic rings. The lowest BCUT2D eigenvalue weighted by Crippen LogP contribution is -2.33. The largest absolute Gasteiger partial charge is 0.468 e. The number of methoxy groups -OCH3 is 1. The Hall–Kier alpha value is -1.08. The number of rotatable bonds is 6. The van der Waals surface area contributed by atoms with Gasteiger partial charge in [0.1, 0.15) is 6.54 Å². The van der Waals surface area contributed by atoms with Gasteiger partial charge in [-0.25, -0.2) is 4.98 Å². The second-order valence-electron chi connectivity index (χ2n) is 3.68. The van der Waals surface area contributed by atoms with Crippen LogP contribution in [-0.2, 0) is 20.1 Å². The third-order valence-electron chi connectivity index (χ3n) is 2.16. The first-order valence-electron chi connectivity index (χ1n) is 5.32. The smallest absolute Gasteiger partial charge is 0.325 e. The molecule has 0 saturated carbocycles.